The lowest BCUT2D eigenvalue weighted by molar-refractivity contribution is 0.0709. The van der Waals surface area contributed by atoms with E-state index in [1.165, 1.54) is 0 Å². The smallest absolute Gasteiger partial charge is 0.148 e. The standard InChI is InChI=1S/C21H29ClN4O2/c1-5-16-20(14-9-8-13(27-4)10-15(14)22)24-17(6-2)21(25-16)26-18-11-23-12-19(18)28-7-3/h8-10,18-19,23H,5-7,11-12H2,1-4H3,(H,25,26)/t18-,19-/m1/s1. The predicted octanol–water partition coefficient (Wildman–Crippen LogP) is 3.72. The number of rotatable bonds is 8. The second-order valence-corrected chi connectivity index (χ2v) is 7.18. The molecule has 0 spiro atoms. The van der Waals surface area contributed by atoms with E-state index in [1.807, 2.05) is 25.1 Å². The maximum Gasteiger partial charge on any atom is 0.148 e. The van der Waals surface area contributed by atoms with Crippen LogP contribution in [-0.2, 0) is 17.6 Å². The van der Waals surface area contributed by atoms with Gasteiger partial charge < -0.3 is 20.1 Å². The van der Waals surface area contributed by atoms with Gasteiger partial charge in [-0.15, -0.1) is 0 Å². The van der Waals surface area contributed by atoms with E-state index >= 15 is 0 Å². The minimum Gasteiger partial charge on any atom is -0.497 e. The molecule has 7 heteroatoms. The van der Waals surface area contributed by atoms with Crippen molar-refractivity contribution in [2.45, 2.75) is 45.8 Å². The molecule has 1 aliphatic heterocycles. The van der Waals surface area contributed by atoms with Crippen LogP contribution in [0.15, 0.2) is 18.2 Å². The highest BCUT2D eigenvalue weighted by Gasteiger charge is 2.29. The lowest BCUT2D eigenvalue weighted by atomic mass is 10.1. The number of methoxy groups -OCH3 is 1. The van der Waals surface area contributed by atoms with E-state index < -0.39 is 0 Å². The normalized spacial score (nSPS) is 19.0. The van der Waals surface area contributed by atoms with Crippen molar-refractivity contribution in [3.63, 3.8) is 0 Å². The molecule has 2 aromatic rings. The molecule has 2 N–H and O–H groups in total. The highest BCUT2D eigenvalue weighted by atomic mass is 35.5. The molecule has 0 aliphatic carbocycles. The summed E-state index contributed by atoms with van der Waals surface area (Å²) in [6.07, 6.45) is 1.68. The summed E-state index contributed by atoms with van der Waals surface area (Å²) in [6, 6.07) is 5.84. The molecular weight excluding hydrogens is 376 g/mol. The van der Waals surface area contributed by atoms with E-state index in [0.29, 0.717) is 11.6 Å². The molecule has 2 atom stereocenters. The van der Waals surface area contributed by atoms with Gasteiger partial charge >= 0.3 is 0 Å². The second kappa shape index (κ2) is 9.54. The zero-order chi connectivity index (χ0) is 20.1. The van der Waals surface area contributed by atoms with E-state index in [0.717, 1.165) is 60.1 Å². The number of ether oxygens (including phenoxy) is 2. The van der Waals surface area contributed by atoms with Crippen molar-refractivity contribution < 1.29 is 9.47 Å². The molecule has 6 nitrogen and oxygen atoms in total. The molecule has 2 heterocycles. The molecule has 0 bridgehead atoms. The Labute approximate surface area is 172 Å². The summed E-state index contributed by atoms with van der Waals surface area (Å²) in [6.45, 7) is 8.60. The molecular formula is C21H29ClN4O2. The Hall–Kier alpha value is -1.89. The Morgan fingerprint density at radius 2 is 1.93 bits per heavy atom. The average Bonchev–Trinajstić information content (AvgIpc) is 3.14. The number of anilines is 1. The van der Waals surface area contributed by atoms with Gasteiger partial charge in [0.2, 0.25) is 0 Å². The molecule has 1 aromatic carbocycles. The maximum atomic E-state index is 6.51. The van der Waals surface area contributed by atoms with Crippen LogP contribution in [0.2, 0.25) is 5.02 Å². The van der Waals surface area contributed by atoms with Gasteiger partial charge in [0.25, 0.3) is 0 Å². The summed E-state index contributed by atoms with van der Waals surface area (Å²) < 4.78 is 11.1. The fourth-order valence-corrected chi connectivity index (χ4v) is 3.77. The average molecular weight is 405 g/mol. The third-order valence-electron chi connectivity index (χ3n) is 5.00. The van der Waals surface area contributed by atoms with Crippen LogP contribution < -0.4 is 15.4 Å². The molecule has 0 unspecified atom stereocenters. The first-order chi connectivity index (χ1) is 13.6. The molecule has 0 amide bonds. The summed E-state index contributed by atoms with van der Waals surface area (Å²) in [5.41, 5.74) is 3.57. The summed E-state index contributed by atoms with van der Waals surface area (Å²) in [4.78, 5) is 9.88. The fourth-order valence-electron chi connectivity index (χ4n) is 3.51. The Balaban J connectivity index is 1.96. The van der Waals surface area contributed by atoms with Gasteiger partial charge in [0.1, 0.15) is 11.6 Å². The number of aryl methyl sites for hydroxylation is 2. The van der Waals surface area contributed by atoms with E-state index in [-0.39, 0.29) is 12.1 Å². The molecule has 0 radical (unpaired) electrons. The van der Waals surface area contributed by atoms with Crippen molar-refractivity contribution in [2.24, 2.45) is 0 Å². The van der Waals surface area contributed by atoms with Crippen molar-refractivity contribution in [3.05, 3.63) is 34.6 Å². The molecule has 1 fully saturated rings. The van der Waals surface area contributed by atoms with Gasteiger partial charge in [-0.3, -0.25) is 0 Å². The summed E-state index contributed by atoms with van der Waals surface area (Å²) in [7, 11) is 1.63. The van der Waals surface area contributed by atoms with Gasteiger partial charge in [-0.05, 0) is 38.0 Å². The molecule has 3 rings (SSSR count). The van der Waals surface area contributed by atoms with Crippen LogP contribution in [-0.4, -0.2) is 48.9 Å². The van der Waals surface area contributed by atoms with Crippen molar-refractivity contribution in [1.82, 2.24) is 15.3 Å². The maximum absolute atomic E-state index is 6.51. The third-order valence-corrected chi connectivity index (χ3v) is 5.32. The fraction of sp³-hybridized carbons (Fsp3) is 0.524. The molecule has 0 saturated carbocycles. The van der Waals surface area contributed by atoms with Crippen molar-refractivity contribution in [2.75, 3.05) is 32.1 Å². The minimum atomic E-state index is 0.136. The highest BCUT2D eigenvalue weighted by molar-refractivity contribution is 6.33. The summed E-state index contributed by atoms with van der Waals surface area (Å²) >= 11 is 6.51. The van der Waals surface area contributed by atoms with Gasteiger partial charge in [-0.25, -0.2) is 9.97 Å². The topological polar surface area (TPSA) is 68.3 Å². The molecule has 28 heavy (non-hydrogen) atoms. The summed E-state index contributed by atoms with van der Waals surface area (Å²) in [5.74, 6) is 1.57. The van der Waals surface area contributed by atoms with E-state index in [2.05, 4.69) is 24.5 Å². The Morgan fingerprint density at radius 3 is 2.57 bits per heavy atom. The molecule has 1 aromatic heterocycles. The third kappa shape index (κ3) is 4.40. The molecule has 1 saturated heterocycles. The Morgan fingerprint density at radius 1 is 1.14 bits per heavy atom. The van der Waals surface area contributed by atoms with Gasteiger partial charge in [-0.1, -0.05) is 25.4 Å². The van der Waals surface area contributed by atoms with Crippen LogP contribution >= 0.6 is 11.6 Å². The number of nitrogens with zero attached hydrogens (tertiary/aromatic N) is 2. The first kappa shape index (κ1) is 20.8. The largest absolute Gasteiger partial charge is 0.497 e. The van der Waals surface area contributed by atoms with Gasteiger partial charge in [0.15, 0.2) is 0 Å². The van der Waals surface area contributed by atoms with Crippen molar-refractivity contribution in [1.29, 1.82) is 0 Å². The van der Waals surface area contributed by atoms with Gasteiger partial charge in [0.05, 0.1) is 41.4 Å². The second-order valence-electron chi connectivity index (χ2n) is 6.77. The lowest BCUT2D eigenvalue weighted by Crippen LogP contribution is -2.35. The predicted molar refractivity (Wildman–Crippen MR) is 113 cm³/mol. The number of aromatic nitrogens is 2. The monoisotopic (exact) mass is 404 g/mol. The van der Waals surface area contributed by atoms with Crippen LogP contribution in [0.3, 0.4) is 0 Å². The summed E-state index contributed by atoms with van der Waals surface area (Å²) in [5, 5.41) is 7.56. The van der Waals surface area contributed by atoms with Crippen molar-refractivity contribution >= 4 is 17.4 Å². The van der Waals surface area contributed by atoms with Crippen LogP contribution in [0.1, 0.15) is 32.2 Å². The number of halogens is 1. The van der Waals surface area contributed by atoms with E-state index in [4.69, 9.17) is 31.0 Å². The SMILES string of the molecule is CCO[C@@H]1CNC[C@H]1Nc1nc(CC)c(-c2ccc(OC)cc2Cl)nc1CC. The number of benzene rings is 1. The number of nitrogens with one attached hydrogen (secondary N) is 2. The van der Waals surface area contributed by atoms with E-state index in [1.54, 1.807) is 7.11 Å². The minimum absolute atomic E-state index is 0.136. The lowest BCUT2D eigenvalue weighted by Gasteiger charge is -2.22. The van der Waals surface area contributed by atoms with Crippen LogP contribution in [0, 0.1) is 0 Å². The number of hydrogen-bond acceptors (Lipinski definition) is 6. The van der Waals surface area contributed by atoms with Crippen molar-refractivity contribution in [3.8, 4) is 17.0 Å². The first-order valence-electron chi connectivity index (χ1n) is 9.93. The zero-order valence-electron chi connectivity index (χ0n) is 17.0. The first-order valence-corrected chi connectivity index (χ1v) is 10.3. The van der Waals surface area contributed by atoms with E-state index in [9.17, 15) is 0 Å². The Kier molecular flexibility index (Phi) is 7.10. The quantitative estimate of drug-likeness (QED) is 0.698. The highest BCUT2D eigenvalue weighted by Crippen LogP contribution is 2.33. The van der Waals surface area contributed by atoms with Gasteiger partial charge in [0, 0.05) is 25.3 Å². The molecule has 152 valence electrons. The van der Waals surface area contributed by atoms with Gasteiger partial charge in [-0.2, -0.15) is 0 Å². The Bertz CT molecular complexity index is 815. The number of hydrogen-bond donors (Lipinski definition) is 2. The molecule has 1 aliphatic rings. The zero-order valence-corrected chi connectivity index (χ0v) is 17.8. The van der Waals surface area contributed by atoms with Crippen LogP contribution in [0.5, 0.6) is 5.75 Å². The van der Waals surface area contributed by atoms with Crippen LogP contribution in [0.4, 0.5) is 5.82 Å². The van der Waals surface area contributed by atoms with Crippen LogP contribution in [0.25, 0.3) is 11.3 Å².